The molecule has 1 saturated heterocycles. The molecule has 25 heavy (non-hydrogen) atoms. The van der Waals surface area contributed by atoms with E-state index in [9.17, 15) is 12.8 Å². The van der Waals surface area contributed by atoms with Gasteiger partial charge in [0.15, 0.2) is 0 Å². The van der Waals surface area contributed by atoms with Crippen molar-refractivity contribution in [3.63, 3.8) is 0 Å². The summed E-state index contributed by atoms with van der Waals surface area (Å²) in [6.07, 6.45) is 0. The van der Waals surface area contributed by atoms with E-state index in [1.807, 2.05) is 6.07 Å². The molecule has 0 radical (unpaired) electrons. The van der Waals surface area contributed by atoms with E-state index in [2.05, 4.69) is 4.90 Å². The average Bonchev–Trinajstić information content (AvgIpc) is 2.64. The standard InChI is InChI=1S/C18H18FN3O2S/c19-17-5-1-16(2-6-17)14-21-9-11-22(12-10-21)25(23,24)18-7-3-15(13-20)4-8-18/h1-8H,9-12,14H2. The van der Waals surface area contributed by atoms with E-state index in [0.717, 1.165) is 5.56 Å². The maximum Gasteiger partial charge on any atom is 0.243 e. The number of hydrogen-bond acceptors (Lipinski definition) is 4. The molecular weight excluding hydrogens is 341 g/mol. The van der Waals surface area contributed by atoms with Gasteiger partial charge >= 0.3 is 0 Å². The molecule has 0 atom stereocenters. The molecule has 2 aromatic carbocycles. The lowest BCUT2D eigenvalue weighted by molar-refractivity contribution is 0.181. The minimum absolute atomic E-state index is 0.207. The fourth-order valence-corrected chi connectivity index (χ4v) is 4.25. The highest BCUT2D eigenvalue weighted by Crippen LogP contribution is 2.19. The van der Waals surface area contributed by atoms with Crippen molar-refractivity contribution in [2.45, 2.75) is 11.4 Å². The van der Waals surface area contributed by atoms with Gasteiger partial charge in [-0.25, -0.2) is 12.8 Å². The lowest BCUT2D eigenvalue weighted by atomic mass is 10.2. The van der Waals surface area contributed by atoms with Crippen molar-refractivity contribution < 1.29 is 12.8 Å². The van der Waals surface area contributed by atoms with Crippen molar-refractivity contribution >= 4 is 10.0 Å². The highest BCUT2D eigenvalue weighted by atomic mass is 32.2. The van der Waals surface area contributed by atoms with E-state index in [0.29, 0.717) is 38.3 Å². The Morgan fingerprint density at radius 1 is 0.960 bits per heavy atom. The number of halogens is 1. The summed E-state index contributed by atoms with van der Waals surface area (Å²) in [5.74, 6) is -0.262. The van der Waals surface area contributed by atoms with Crippen LogP contribution in [0.1, 0.15) is 11.1 Å². The van der Waals surface area contributed by atoms with Gasteiger partial charge in [-0.15, -0.1) is 0 Å². The van der Waals surface area contributed by atoms with Crippen molar-refractivity contribution in [2.75, 3.05) is 26.2 Å². The fourth-order valence-electron chi connectivity index (χ4n) is 2.83. The molecule has 3 rings (SSSR count). The van der Waals surface area contributed by atoms with Gasteiger partial charge in [-0.1, -0.05) is 12.1 Å². The van der Waals surface area contributed by atoms with Crippen LogP contribution >= 0.6 is 0 Å². The van der Waals surface area contributed by atoms with Gasteiger partial charge in [-0.05, 0) is 42.0 Å². The Bertz CT molecular complexity index is 866. The van der Waals surface area contributed by atoms with Gasteiger partial charge in [-0.3, -0.25) is 4.90 Å². The molecule has 0 aliphatic carbocycles. The molecule has 1 fully saturated rings. The first-order valence-corrected chi connectivity index (χ1v) is 9.40. The second-order valence-corrected chi connectivity index (χ2v) is 7.88. The quantitative estimate of drug-likeness (QED) is 0.840. The first-order valence-electron chi connectivity index (χ1n) is 7.96. The smallest absolute Gasteiger partial charge is 0.243 e. The average molecular weight is 359 g/mol. The number of hydrogen-bond donors (Lipinski definition) is 0. The van der Waals surface area contributed by atoms with Crippen LogP contribution in [0.25, 0.3) is 0 Å². The van der Waals surface area contributed by atoms with Crippen LogP contribution in [0.4, 0.5) is 4.39 Å². The van der Waals surface area contributed by atoms with Crippen molar-refractivity contribution in [3.8, 4) is 6.07 Å². The van der Waals surface area contributed by atoms with E-state index < -0.39 is 10.0 Å². The van der Waals surface area contributed by atoms with Gasteiger partial charge in [-0.2, -0.15) is 9.57 Å². The van der Waals surface area contributed by atoms with Crippen LogP contribution in [0.15, 0.2) is 53.4 Å². The Morgan fingerprint density at radius 3 is 2.12 bits per heavy atom. The molecule has 1 heterocycles. The van der Waals surface area contributed by atoms with Crippen molar-refractivity contribution in [1.29, 1.82) is 5.26 Å². The SMILES string of the molecule is N#Cc1ccc(S(=O)(=O)N2CCN(Cc3ccc(F)cc3)CC2)cc1. The Kier molecular flexibility index (Phi) is 5.13. The number of sulfonamides is 1. The van der Waals surface area contributed by atoms with Crippen molar-refractivity contribution in [3.05, 3.63) is 65.5 Å². The second-order valence-electron chi connectivity index (χ2n) is 5.94. The molecule has 0 saturated carbocycles. The lowest BCUT2D eigenvalue weighted by Crippen LogP contribution is -2.48. The topological polar surface area (TPSA) is 64.4 Å². The molecule has 0 amide bonds. The fraction of sp³-hybridized carbons (Fsp3) is 0.278. The highest BCUT2D eigenvalue weighted by molar-refractivity contribution is 7.89. The molecule has 0 bridgehead atoms. The molecule has 0 spiro atoms. The van der Waals surface area contributed by atoms with Crippen LogP contribution in [0.3, 0.4) is 0 Å². The Hall–Kier alpha value is -2.27. The number of nitrogens with zero attached hydrogens (tertiary/aromatic N) is 3. The number of rotatable bonds is 4. The van der Waals surface area contributed by atoms with Crippen LogP contribution in [0.5, 0.6) is 0 Å². The summed E-state index contributed by atoms with van der Waals surface area (Å²) >= 11 is 0. The lowest BCUT2D eigenvalue weighted by Gasteiger charge is -2.34. The molecule has 7 heteroatoms. The Labute approximate surface area is 147 Å². The van der Waals surface area contributed by atoms with Crippen LogP contribution in [-0.2, 0) is 16.6 Å². The third kappa shape index (κ3) is 4.04. The first kappa shape index (κ1) is 17.5. The van der Waals surface area contributed by atoms with E-state index in [-0.39, 0.29) is 10.7 Å². The van der Waals surface area contributed by atoms with Crippen LogP contribution < -0.4 is 0 Å². The van der Waals surface area contributed by atoms with Crippen molar-refractivity contribution in [2.24, 2.45) is 0 Å². The highest BCUT2D eigenvalue weighted by Gasteiger charge is 2.28. The monoisotopic (exact) mass is 359 g/mol. The summed E-state index contributed by atoms with van der Waals surface area (Å²) < 4.78 is 39.8. The minimum Gasteiger partial charge on any atom is -0.296 e. The van der Waals surface area contributed by atoms with Gasteiger partial charge in [0.25, 0.3) is 0 Å². The largest absolute Gasteiger partial charge is 0.296 e. The summed E-state index contributed by atoms with van der Waals surface area (Å²) in [7, 11) is -3.54. The molecule has 2 aromatic rings. The molecule has 1 aliphatic rings. The van der Waals surface area contributed by atoms with Gasteiger partial charge < -0.3 is 0 Å². The van der Waals surface area contributed by atoms with Crippen molar-refractivity contribution in [1.82, 2.24) is 9.21 Å². The predicted molar refractivity (Wildman–Crippen MR) is 91.6 cm³/mol. The molecule has 0 unspecified atom stereocenters. The van der Waals surface area contributed by atoms with E-state index in [1.165, 1.54) is 40.7 Å². The number of piperazine rings is 1. The first-order chi connectivity index (χ1) is 12.0. The third-order valence-corrected chi connectivity index (χ3v) is 6.18. The van der Waals surface area contributed by atoms with Crippen LogP contribution in [-0.4, -0.2) is 43.8 Å². The predicted octanol–water partition coefficient (Wildman–Crippen LogP) is 2.20. The normalized spacial score (nSPS) is 16.5. The maximum atomic E-state index is 13.0. The van der Waals surface area contributed by atoms with Gasteiger partial charge in [0.2, 0.25) is 10.0 Å². The third-order valence-electron chi connectivity index (χ3n) is 4.27. The number of benzene rings is 2. The summed E-state index contributed by atoms with van der Waals surface area (Å²) in [5.41, 5.74) is 1.44. The van der Waals surface area contributed by atoms with E-state index in [4.69, 9.17) is 5.26 Å². The number of nitriles is 1. The molecular formula is C18H18FN3O2S. The Morgan fingerprint density at radius 2 is 1.56 bits per heavy atom. The zero-order valence-electron chi connectivity index (χ0n) is 13.6. The van der Waals surface area contributed by atoms with Gasteiger partial charge in [0, 0.05) is 32.7 Å². The summed E-state index contributed by atoms with van der Waals surface area (Å²) in [6.45, 7) is 2.72. The Balaban J connectivity index is 1.62. The summed E-state index contributed by atoms with van der Waals surface area (Å²) in [5, 5.41) is 8.81. The molecule has 130 valence electrons. The van der Waals surface area contributed by atoms with Crippen LogP contribution in [0.2, 0.25) is 0 Å². The minimum atomic E-state index is -3.54. The summed E-state index contributed by atoms with van der Waals surface area (Å²) in [4.78, 5) is 2.36. The molecule has 0 aromatic heterocycles. The van der Waals surface area contributed by atoms with Crippen LogP contribution in [0, 0.1) is 17.1 Å². The maximum absolute atomic E-state index is 13.0. The van der Waals surface area contributed by atoms with E-state index in [1.54, 1.807) is 12.1 Å². The zero-order valence-corrected chi connectivity index (χ0v) is 14.4. The van der Waals surface area contributed by atoms with Gasteiger partial charge in [0.1, 0.15) is 5.82 Å². The molecule has 5 nitrogen and oxygen atoms in total. The zero-order chi connectivity index (χ0) is 17.9. The molecule has 1 aliphatic heterocycles. The molecule has 0 N–H and O–H groups in total. The van der Waals surface area contributed by atoms with Gasteiger partial charge in [0.05, 0.1) is 16.5 Å². The second kappa shape index (κ2) is 7.31. The summed E-state index contributed by atoms with van der Waals surface area (Å²) in [6, 6.07) is 14.3. The van der Waals surface area contributed by atoms with E-state index >= 15 is 0 Å².